The molecule has 1 N–H and O–H groups in total. The highest BCUT2D eigenvalue weighted by Crippen LogP contribution is 2.24. The lowest BCUT2D eigenvalue weighted by molar-refractivity contribution is -0.122. The average Bonchev–Trinajstić information content (AvgIpc) is 2.46. The number of benzene rings is 2. The highest BCUT2D eigenvalue weighted by molar-refractivity contribution is 6.31. The molecule has 1 atom stereocenters. The van der Waals surface area contributed by atoms with Gasteiger partial charge in [-0.05, 0) is 56.5 Å². The van der Waals surface area contributed by atoms with Crippen LogP contribution in [0.5, 0.6) is 5.75 Å². The van der Waals surface area contributed by atoms with E-state index in [1.165, 1.54) is 0 Å². The van der Waals surface area contributed by atoms with Gasteiger partial charge in [0, 0.05) is 10.7 Å². The molecule has 2 aromatic carbocycles. The fourth-order valence-electron chi connectivity index (χ4n) is 2.13. The van der Waals surface area contributed by atoms with Gasteiger partial charge in [0.2, 0.25) is 0 Å². The number of nitrogens with one attached hydrogen (secondary N) is 1. The number of carbonyl (C=O) groups excluding carboxylic acids is 1. The van der Waals surface area contributed by atoms with Gasteiger partial charge in [-0.25, -0.2) is 0 Å². The van der Waals surface area contributed by atoms with E-state index in [1.807, 2.05) is 51.1 Å². The smallest absolute Gasteiger partial charge is 0.265 e. The fraction of sp³-hybridized carbons (Fsp3) is 0.278. The summed E-state index contributed by atoms with van der Waals surface area (Å²) in [6, 6.07) is 11.3. The molecule has 2 aromatic rings. The minimum Gasteiger partial charge on any atom is -0.480 e. The first kappa shape index (κ1) is 16.4. The number of halogens is 1. The van der Waals surface area contributed by atoms with Crippen LogP contribution in [-0.4, -0.2) is 12.0 Å². The lowest BCUT2D eigenvalue weighted by atomic mass is 10.1. The molecule has 1 amide bonds. The molecule has 0 spiro atoms. The summed E-state index contributed by atoms with van der Waals surface area (Å²) in [6.45, 7) is 7.58. The van der Waals surface area contributed by atoms with Crippen LogP contribution < -0.4 is 10.1 Å². The van der Waals surface area contributed by atoms with E-state index in [4.69, 9.17) is 16.3 Å². The Kier molecular flexibility index (Phi) is 5.09. The van der Waals surface area contributed by atoms with E-state index in [0.29, 0.717) is 10.7 Å². The van der Waals surface area contributed by atoms with Gasteiger partial charge in [0.25, 0.3) is 5.91 Å². The average molecular weight is 318 g/mol. The molecular weight excluding hydrogens is 298 g/mol. The van der Waals surface area contributed by atoms with Gasteiger partial charge in [-0.2, -0.15) is 0 Å². The van der Waals surface area contributed by atoms with Crippen molar-refractivity contribution in [1.82, 2.24) is 0 Å². The molecule has 4 heteroatoms. The zero-order valence-electron chi connectivity index (χ0n) is 13.2. The third-order valence-electron chi connectivity index (χ3n) is 3.51. The fourth-order valence-corrected chi connectivity index (χ4v) is 2.31. The number of rotatable bonds is 4. The van der Waals surface area contributed by atoms with E-state index in [-0.39, 0.29) is 5.91 Å². The van der Waals surface area contributed by atoms with Crippen molar-refractivity contribution in [2.75, 3.05) is 5.32 Å². The van der Waals surface area contributed by atoms with Gasteiger partial charge >= 0.3 is 0 Å². The van der Waals surface area contributed by atoms with Gasteiger partial charge in [0.15, 0.2) is 6.10 Å². The van der Waals surface area contributed by atoms with Gasteiger partial charge in [0.05, 0.1) is 0 Å². The second-order valence-electron chi connectivity index (χ2n) is 5.43. The van der Waals surface area contributed by atoms with Gasteiger partial charge in [0.1, 0.15) is 5.75 Å². The Morgan fingerprint density at radius 2 is 1.73 bits per heavy atom. The van der Waals surface area contributed by atoms with Crippen molar-refractivity contribution >= 4 is 23.2 Å². The maximum absolute atomic E-state index is 12.3. The van der Waals surface area contributed by atoms with E-state index in [0.717, 1.165) is 22.4 Å². The van der Waals surface area contributed by atoms with E-state index in [1.54, 1.807) is 13.0 Å². The van der Waals surface area contributed by atoms with Gasteiger partial charge in [-0.1, -0.05) is 35.9 Å². The number of ether oxygens (including phenoxy) is 1. The predicted molar refractivity (Wildman–Crippen MR) is 90.8 cm³/mol. The first-order valence-corrected chi connectivity index (χ1v) is 7.56. The monoisotopic (exact) mass is 317 g/mol. The normalized spacial score (nSPS) is 11.9. The molecule has 0 saturated heterocycles. The Morgan fingerprint density at radius 3 is 2.32 bits per heavy atom. The van der Waals surface area contributed by atoms with Crippen molar-refractivity contribution in [2.45, 2.75) is 33.8 Å². The highest BCUT2D eigenvalue weighted by Gasteiger charge is 2.17. The van der Waals surface area contributed by atoms with Crippen LogP contribution in [0.2, 0.25) is 5.02 Å². The predicted octanol–water partition coefficient (Wildman–Crippen LogP) is 4.67. The number of hydrogen-bond donors (Lipinski definition) is 1. The lowest BCUT2D eigenvalue weighted by Gasteiger charge is -2.18. The Hall–Kier alpha value is -2.00. The van der Waals surface area contributed by atoms with Crippen LogP contribution in [0.4, 0.5) is 5.69 Å². The Morgan fingerprint density at radius 1 is 1.09 bits per heavy atom. The summed E-state index contributed by atoms with van der Waals surface area (Å²) < 4.78 is 5.82. The van der Waals surface area contributed by atoms with Crippen LogP contribution >= 0.6 is 11.6 Å². The molecule has 0 radical (unpaired) electrons. The van der Waals surface area contributed by atoms with Crippen LogP contribution in [0.1, 0.15) is 23.6 Å². The van der Waals surface area contributed by atoms with Gasteiger partial charge < -0.3 is 10.1 Å². The van der Waals surface area contributed by atoms with Gasteiger partial charge in [-0.15, -0.1) is 0 Å². The van der Waals surface area contributed by atoms with Gasteiger partial charge in [-0.3, -0.25) is 4.79 Å². The molecular formula is C18H20ClNO2. The third-order valence-corrected chi connectivity index (χ3v) is 3.92. The van der Waals surface area contributed by atoms with Crippen LogP contribution in [0.15, 0.2) is 36.4 Å². The maximum atomic E-state index is 12.3. The number of anilines is 1. The molecule has 0 bridgehead atoms. The van der Waals surface area contributed by atoms with Crippen molar-refractivity contribution in [2.24, 2.45) is 0 Å². The molecule has 0 heterocycles. The lowest BCUT2D eigenvalue weighted by Crippen LogP contribution is -2.30. The molecule has 0 saturated carbocycles. The van der Waals surface area contributed by atoms with Crippen molar-refractivity contribution in [3.05, 3.63) is 58.1 Å². The summed E-state index contributed by atoms with van der Waals surface area (Å²) in [5.41, 5.74) is 3.66. The molecule has 0 aliphatic heterocycles. The van der Waals surface area contributed by atoms with Crippen LogP contribution in [0.3, 0.4) is 0 Å². The van der Waals surface area contributed by atoms with E-state index >= 15 is 0 Å². The number of amides is 1. The number of para-hydroxylation sites is 1. The summed E-state index contributed by atoms with van der Waals surface area (Å²) in [5, 5.41) is 3.45. The largest absolute Gasteiger partial charge is 0.480 e. The summed E-state index contributed by atoms with van der Waals surface area (Å²) in [6.07, 6.45) is -0.597. The molecule has 0 aliphatic carbocycles. The molecule has 2 rings (SSSR count). The quantitative estimate of drug-likeness (QED) is 0.889. The summed E-state index contributed by atoms with van der Waals surface area (Å²) in [5.74, 6) is 0.551. The van der Waals surface area contributed by atoms with Crippen molar-refractivity contribution in [3.63, 3.8) is 0 Å². The molecule has 0 unspecified atom stereocenters. The first-order valence-electron chi connectivity index (χ1n) is 7.18. The summed E-state index contributed by atoms with van der Waals surface area (Å²) >= 11 is 6.07. The maximum Gasteiger partial charge on any atom is 0.265 e. The Bertz CT molecular complexity index is 677. The van der Waals surface area contributed by atoms with Crippen LogP contribution in [-0.2, 0) is 4.79 Å². The second kappa shape index (κ2) is 6.84. The topological polar surface area (TPSA) is 38.3 Å². The molecule has 0 aliphatic rings. The van der Waals surface area contributed by atoms with E-state index in [9.17, 15) is 4.79 Å². The molecule has 0 aromatic heterocycles. The van der Waals surface area contributed by atoms with Crippen LogP contribution in [0, 0.1) is 20.8 Å². The Balaban J connectivity index is 2.07. The summed E-state index contributed by atoms with van der Waals surface area (Å²) in [7, 11) is 0. The minimum atomic E-state index is -0.597. The third kappa shape index (κ3) is 3.80. The number of carbonyl (C=O) groups is 1. The zero-order valence-corrected chi connectivity index (χ0v) is 14.0. The molecule has 116 valence electrons. The number of hydrogen-bond acceptors (Lipinski definition) is 2. The highest BCUT2D eigenvalue weighted by atomic mass is 35.5. The van der Waals surface area contributed by atoms with Crippen LogP contribution in [0.25, 0.3) is 0 Å². The zero-order chi connectivity index (χ0) is 16.3. The minimum absolute atomic E-state index is 0.206. The van der Waals surface area contributed by atoms with Crippen molar-refractivity contribution < 1.29 is 9.53 Å². The van der Waals surface area contributed by atoms with Crippen molar-refractivity contribution in [3.8, 4) is 5.75 Å². The van der Waals surface area contributed by atoms with Crippen molar-refractivity contribution in [1.29, 1.82) is 0 Å². The Labute approximate surface area is 136 Å². The SMILES string of the molecule is Cc1ccc(NC(=O)[C@H](C)Oc2c(C)cccc2C)cc1Cl. The molecule has 3 nitrogen and oxygen atoms in total. The number of aryl methyl sites for hydroxylation is 3. The first-order chi connectivity index (χ1) is 10.4. The second-order valence-corrected chi connectivity index (χ2v) is 5.84. The molecule has 0 fully saturated rings. The van der Waals surface area contributed by atoms with E-state index < -0.39 is 6.10 Å². The van der Waals surface area contributed by atoms with E-state index in [2.05, 4.69) is 5.32 Å². The molecule has 22 heavy (non-hydrogen) atoms. The summed E-state index contributed by atoms with van der Waals surface area (Å²) in [4.78, 5) is 12.3. The standard InChI is InChI=1S/C18H20ClNO2/c1-11-8-9-15(10-16(11)19)20-18(21)14(4)22-17-12(2)6-5-7-13(17)3/h5-10,14H,1-4H3,(H,20,21)/t14-/m0/s1.